The molecule has 5 rings (SSSR count). The number of amides is 1. The Bertz CT molecular complexity index is 1320. The highest BCUT2D eigenvalue weighted by Crippen LogP contribution is 2.37. The number of carboxylic acid groups (broad SMARTS) is 1. The average Bonchev–Trinajstić information content (AvgIpc) is 3.63. The zero-order valence-corrected chi connectivity index (χ0v) is 24.4. The second-order valence-electron chi connectivity index (χ2n) is 10.1. The van der Waals surface area contributed by atoms with Crippen LogP contribution in [0.25, 0.3) is 10.6 Å². The largest absolute Gasteiger partial charge is 0.481 e. The molecule has 0 aromatic carbocycles. The van der Waals surface area contributed by atoms with E-state index >= 15 is 0 Å². The smallest absolute Gasteiger partial charge is 0.304 e. The van der Waals surface area contributed by atoms with Crippen LogP contribution >= 0.6 is 34.3 Å². The Morgan fingerprint density at radius 1 is 1.15 bits per heavy atom. The van der Waals surface area contributed by atoms with E-state index in [1.807, 2.05) is 11.4 Å². The number of nitrogens with zero attached hydrogens (tertiary/aromatic N) is 6. The quantitative estimate of drug-likeness (QED) is 0.371. The molecule has 2 fully saturated rings. The Kier molecular flexibility index (Phi) is 8.77. The van der Waals surface area contributed by atoms with Crippen LogP contribution in [0.4, 0.5) is 10.9 Å². The van der Waals surface area contributed by atoms with Crippen molar-refractivity contribution in [2.75, 3.05) is 42.9 Å². The molecule has 13 heteroatoms. The first-order valence-corrected chi connectivity index (χ1v) is 15.2. The summed E-state index contributed by atoms with van der Waals surface area (Å²) in [6.45, 7) is 8.89. The molecule has 0 spiro atoms. The third-order valence-electron chi connectivity index (χ3n) is 7.33. The number of thiophene rings is 1. The number of carbonyl (C=O) groups excluding carboxylic acids is 1. The second kappa shape index (κ2) is 12.3. The van der Waals surface area contributed by atoms with Crippen LogP contribution in [0.1, 0.15) is 48.5 Å². The predicted octanol–water partition coefficient (Wildman–Crippen LogP) is 4.54. The van der Waals surface area contributed by atoms with Crippen molar-refractivity contribution < 1.29 is 14.7 Å². The highest BCUT2D eigenvalue weighted by molar-refractivity contribution is 7.17. The highest BCUT2D eigenvalue weighted by Gasteiger charge is 2.26. The molecule has 10 nitrogen and oxygen atoms in total. The Hall–Kier alpha value is -2.64. The van der Waals surface area contributed by atoms with Crippen molar-refractivity contribution in [3.8, 4) is 10.6 Å². The minimum Gasteiger partial charge on any atom is -0.481 e. The fourth-order valence-electron chi connectivity index (χ4n) is 5.09. The summed E-state index contributed by atoms with van der Waals surface area (Å²) in [5, 5.41) is 15.0. The first-order valence-electron chi connectivity index (χ1n) is 13.1. The number of thiazole rings is 1. The maximum Gasteiger partial charge on any atom is 0.304 e. The van der Waals surface area contributed by atoms with Gasteiger partial charge in [0.25, 0.3) is 5.91 Å². The zero-order valence-electron chi connectivity index (χ0n) is 22.0. The fraction of sp³-hybridized carbons (Fsp3) is 0.500. The van der Waals surface area contributed by atoms with Crippen LogP contribution in [0.3, 0.4) is 0 Å². The third-order valence-corrected chi connectivity index (χ3v) is 9.57. The van der Waals surface area contributed by atoms with Crippen LogP contribution in [-0.2, 0) is 11.3 Å². The van der Waals surface area contributed by atoms with Crippen LogP contribution < -0.4 is 10.2 Å². The molecule has 0 radical (unpaired) electrons. The molecule has 0 bridgehead atoms. The summed E-state index contributed by atoms with van der Waals surface area (Å²) in [6.07, 6.45) is 5.63. The van der Waals surface area contributed by atoms with Gasteiger partial charge in [-0.3, -0.25) is 24.7 Å². The number of halogens is 1. The summed E-state index contributed by atoms with van der Waals surface area (Å²) >= 11 is 9.24. The maximum absolute atomic E-state index is 13.0. The van der Waals surface area contributed by atoms with Gasteiger partial charge in [0.2, 0.25) is 0 Å². The molecule has 2 aliphatic heterocycles. The van der Waals surface area contributed by atoms with E-state index in [-0.39, 0.29) is 24.1 Å². The van der Waals surface area contributed by atoms with Crippen molar-refractivity contribution in [1.82, 2.24) is 24.8 Å². The maximum atomic E-state index is 13.0. The van der Waals surface area contributed by atoms with Gasteiger partial charge in [-0.25, -0.2) is 15.0 Å². The molecule has 2 atom stereocenters. The van der Waals surface area contributed by atoms with Gasteiger partial charge in [-0.2, -0.15) is 0 Å². The van der Waals surface area contributed by atoms with Gasteiger partial charge in [-0.15, -0.1) is 11.3 Å². The SMILES string of the molecule is CC1CN(c2cnc(C(=O)Nc3nc(-c4cc(Cl)cs4)c(CN4CCC[C@H]4C)s3)cn2)CCN1CCC(=O)O. The van der Waals surface area contributed by atoms with E-state index in [9.17, 15) is 9.59 Å². The molecule has 208 valence electrons. The van der Waals surface area contributed by atoms with E-state index < -0.39 is 5.97 Å². The zero-order chi connectivity index (χ0) is 27.5. The lowest BCUT2D eigenvalue weighted by atomic mass is 10.2. The van der Waals surface area contributed by atoms with Crippen molar-refractivity contribution in [3.05, 3.63) is 39.4 Å². The normalized spacial score (nSPS) is 20.4. The fourth-order valence-corrected chi connectivity index (χ4v) is 7.24. The molecule has 2 saturated heterocycles. The Labute approximate surface area is 240 Å². The standard InChI is InChI=1S/C26H32ClN7O3S2/c1-16-4-3-6-33(16)14-21-24(20-10-18(27)15-38-20)30-26(39-21)31-25(37)19-11-29-22(12-28-19)34-9-8-32(17(2)13-34)7-5-23(35)36/h10-12,15-17H,3-9,13-14H2,1-2H3,(H,35,36)(H,30,31,37)/t16-,17?/m1/s1. The van der Waals surface area contributed by atoms with Crippen LogP contribution in [0, 0.1) is 0 Å². The Balaban J connectivity index is 1.25. The molecule has 1 amide bonds. The summed E-state index contributed by atoms with van der Waals surface area (Å²) in [5.74, 6) is -0.442. The lowest BCUT2D eigenvalue weighted by Gasteiger charge is -2.40. The molecule has 3 aromatic rings. The number of piperazine rings is 1. The summed E-state index contributed by atoms with van der Waals surface area (Å²) < 4.78 is 0. The molecular formula is C26H32ClN7O3S2. The van der Waals surface area contributed by atoms with Gasteiger partial charge < -0.3 is 10.0 Å². The lowest BCUT2D eigenvalue weighted by Crippen LogP contribution is -2.52. The predicted molar refractivity (Wildman–Crippen MR) is 155 cm³/mol. The van der Waals surface area contributed by atoms with Gasteiger partial charge in [-0.05, 0) is 39.3 Å². The first kappa shape index (κ1) is 27.9. The topological polar surface area (TPSA) is 115 Å². The summed E-state index contributed by atoms with van der Waals surface area (Å²) in [7, 11) is 0. The molecule has 2 N–H and O–H groups in total. The minimum atomic E-state index is -0.785. The van der Waals surface area contributed by atoms with E-state index in [0.717, 1.165) is 41.6 Å². The number of rotatable bonds is 9. The minimum absolute atomic E-state index is 0.133. The average molecular weight is 590 g/mol. The molecular weight excluding hydrogens is 558 g/mol. The number of hydrogen-bond donors (Lipinski definition) is 2. The van der Waals surface area contributed by atoms with Crippen molar-refractivity contribution in [1.29, 1.82) is 0 Å². The Morgan fingerprint density at radius 3 is 2.64 bits per heavy atom. The second-order valence-corrected chi connectivity index (χ2v) is 12.5. The Morgan fingerprint density at radius 2 is 2.00 bits per heavy atom. The number of nitrogens with one attached hydrogen (secondary N) is 1. The van der Waals surface area contributed by atoms with E-state index in [1.165, 1.54) is 30.4 Å². The number of aromatic nitrogens is 3. The lowest BCUT2D eigenvalue weighted by molar-refractivity contribution is -0.137. The van der Waals surface area contributed by atoms with E-state index in [0.29, 0.717) is 35.1 Å². The van der Waals surface area contributed by atoms with Crippen molar-refractivity contribution >= 4 is 57.1 Å². The van der Waals surface area contributed by atoms with Gasteiger partial charge in [-0.1, -0.05) is 22.9 Å². The van der Waals surface area contributed by atoms with Gasteiger partial charge in [0.1, 0.15) is 11.5 Å². The van der Waals surface area contributed by atoms with Crippen molar-refractivity contribution in [2.45, 2.75) is 51.7 Å². The molecule has 5 heterocycles. The summed E-state index contributed by atoms with van der Waals surface area (Å²) in [5.41, 5.74) is 1.09. The van der Waals surface area contributed by atoms with E-state index in [4.69, 9.17) is 21.7 Å². The summed E-state index contributed by atoms with van der Waals surface area (Å²) in [4.78, 5) is 46.4. The van der Waals surface area contributed by atoms with E-state index in [2.05, 4.69) is 43.8 Å². The van der Waals surface area contributed by atoms with Crippen LogP contribution in [0.15, 0.2) is 23.8 Å². The first-order chi connectivity index (χ1) is 18.8. The summed E-state index contributed by atoms with van der Waals surface area (Å²) in [6, 6.07) is 2.63. The van der Waals surface area contributed by atoms with Crippen LogP contribution in [-0.4, -0.2) is 86.5 Å². The number of likely N-dealkylation sites (tertiary alicyclic amines) is 1. The number of carbonyl (C=O) groups is 2. The van der Waals surface area contributed by atoms with Gasteiger partial charge >= 0.3 is 5.97 Å². The number of carboxylic acids is 1. The molecule has 1 unspecified atom stereocenters. The molecule has 3 aromatic heterocycles. The van der Waals surface area contributed by atoms with Gasteiger partial charge in [0.15, 0.2) is 5.13 Å². The monoisotopic (exact) mass is 589 g/mol. The van der Waals surface area contributed by atoms with Crippen LogP contribution in [0.5, 0.6) is 0 Å². The molecule has 0 aliphatic carbocycles. The van der Waals surface area contributed by atoms with Gasteiger partial charge in [0.05, 0.1) is 34.4 Å². The number of aliphatic carboxylic acids is 1. The van der Waals surface area contributed by atoms with Gasteiger partial charge in [0, 0.05) is 55.1 Å². The molecule has 2 aliphatic rings. The van der Waals surface area contributed by atoms with Crippen LogP contribution in [0.2, 0.25) is 5.02 Å². The van der Waals surface area contributed by atoms with Crippen molar-refractivity contribution in [2.24, 2.45) is 0 Å². The van der Waals surface area contributed by atoms with E-state index in [1.54, 1.807) is 17.5 Å². The van der Waals surface area contributed by atoms with Crippen molar-refractivity contribution in [3.63, 3.8) is 0 Å². The number of anilines is 2. The third kappa shape index (κ3) is 6.75. The number of hydrogen-bond acceptors (Lipinski definition) is 10. The highest BCUT2D eigenvalue weighted by atomic mass is 35.5. The molecule has 0 saturated carbocycles. The molecule has 39 heavy (non-hydrogen) atoms.